The lowest BCUT2D eigenvalue weighted by atomic mass is 10.0. The molecule has 10 nitrogen and oxygen atoms in total. The molecule has 0 radical (unpaired) electrons. The van der Waals surface area contributed by atoms with Crippen molar-refractivity contribution in [2.75, 3.05) is 6.54 Å². The Morgan fingerprint density at radius 2 is 1.71 bits per heavy atom. The summed E-state index contributed by atoms with van der Waals surface area (Å²) in [4.78, 5) is 38.8. The first-order valence-corrected chi connectivity index (χ1v) is 9.93. The molecule has 2 aromatic rings. The summed E-state index contributed by atoms with van der Waals surface area (Å²) in [5.74, 6) is -1.51. The molecule has 1 aromatic carbocycles. The second-order valence-electron chi connectivity index (χ2n) is 6.51. The van der Waals surface area contributed by atoms with E-state index in [-0.39, 0.29) is 56.8 Å². The van der Waals surface area contributed by atoms with E-state index in [4.69, 9.17) is 0 Å². The average Bonchev–Trinajstić information content (AvgIpc) is 2.99. The molecule has 3 rings (SSSR count). The van der Waals surface area contributed by atoms with Crippen LogP contribution in [0.4, 0.5) is 11.4 Å². The van der Waals surface area contributed by atoms with Gasteiger partial charge in [0.15, 0.2) is 5.69 Å². The van der Waals surface area contributed by atoms with E-state index in [1.165, 1.54) is 13.0 Å². The van der Waals surface area contributed by atoms with E-state index in [9.17, 15) is 30.0 Å². The largest absolute Gasteiger partial charge is 0.493 e. The number of aromatic hydroxyl groups is 1. The smallest absolute Gasteiger partial charge is 0.281 e. The molecule has 0 bridgehead atoms. The van der Waals surface area contributed by atoms with Gasteiger partial charge in [-0.2, -0.15) is 10.5 Å². The number of hydrogen-bond acceptors (Lipinski definition) is 8. The van der Waals surface area contributed by atoms with Crippen molar-refractivity contribution in [1.29, 1.82) is 10.5 Å². The summed E-state index contributed by atoms with van der Waals surface area (Å²) in [5, 5.41) is 37.0. The molecule has 0 unspecified atom stereocenters. The van der Waals surface area contributed by atoms with E-state index in [0.29, 0.717) is 0 Å². The number of rotatable bonds is 4. The number of imide groups is 1. The number of aromatic nitrogens is 1. The van der Waals surface area contributed by atoms with Gasteiger partial charge in [0, 0.05) is 18.7 Å². The monoisotopic (exact) mass is 482 g/mol. The highest BCUT2D eigenvalue weighted by Gasteiger charge is 2.38. The van der Waals surface area contributed by atoms with Gasteiger partial charge in [0.2, 0.25) is 5.88 Å². The number of carbonyl (C=O) groups is 2. The maximum absolute atomic E-state index is 12.7. The van der Waals surface area contributed by atoms with Crippen molar-refractivity contribution in [2.24, 2.45) is 10.2 Å². The Morgan fingerprint density at radius 3 is 2.26 bits per heavy atom. The summed E-state index contributed by atoms with van der Waals surface area (Å²) in [6.07, 6.45) is 0. The number of amides is 2. The number of halogens is 1. The van der Waals surface area contributed by atoms with Gasteiger partial charge in [0.1, 0.15) is 23.4 Å². The van der Waals surface area contributed by atoms with Crippen LogP contribution in [0.1, 0.15) is 51.3 Å². The van der Waals surface area contributed by atoms with E-state index >= 15 is 0 Å². The van der Waals surface area contributed by atoms with Gasteiger partial charge in [-0.15, -0.1) is 10.2 Å². The maximum Gasteiger partial charge on any atom is 0.281 e. The van der Waals surface area contributed by atoms with Crippen LogP contribution in [0.3, 0.4) is 0 Å². The number of benzene rings is 1. The molecular weight excluding hydrogens is 468 g/mol. The van der Waals surface area contributed by atoms with Crippen LogP contribution < -0.4 is 5.56 Å². The fraction of sp³-hybridized carbons (Fsp3) is 0.250. The maximum atomic E-state index is 12.7. The minimum absolute atomic E-state index is 0.0266. The fourth-order valence-corrected chi connectivity index (χ4v) is 3.99. The number of nitrogens with zero attached hydrogens (tertiary/aromatic N) is 6. The zero-order valence-electron chi connectivity index (χ0n) is 16.7. The van der Waals surface area contributed by atoms with E-state index in [0.717, 1.165) is 9.47 Å². The second kappa shape index (κ2) is 8.13. The van der Waals surface area contributed by atoms with Gasteiger partial charge in [-0.1, -0.05) is 0 Å². The molecule has 11 heteroatoms. The van der Waals surface area contributed by atoms with Crippen LogP contribution in [0.5, 0.6) is 5.88 Å². The molecule has 156 valence electrons. The Morgan fingerprint density at radius 1 is 1.06 bits per heavy atom. The van der Waals surface area contributed by atoms with E-state index < -0.39 is 23.3 Å². The number of fused-ring (bicyclic) bond motifs is 1. The molecular formula is C20H15BrN6O4. The Balaban J connectivity index is 2.25. The molecule has 0 saturated heterocycles. The lowest BCUT2D eigenvalue weighted by Crippen LogP contribution is -2.29. The molecule has 1 N–H and O–H groups in total. The summed E-state index contributed by atoms with van der Waals surface area (Å²) in [6.45, 7) is 4.97. The second-order valence-corrected chi connectivity index (χ2v) is 7.30. The third-order valence-electron chi connectivity index (χ3n) is 4.95. The third-order valence-corrected chi connectivity index (χ3v) is 5.72. The number of carbonyl (C=O) groups excluding carboxylic acids is 2. The lowest BCUT2D eigenvalue weighted by molar-refractivity contribution is 0.0662. The first-order chi connectivity index (χ1) is 14.7. The van der Waals surface area contributed by atoms with Crippen LogP contribution >= 0.6 is 15.9 Å². The van der Waals surface area contributed by atoms with E-state index in [1.807, 2.05) is 12.1 Å². The molecule has 1 aromatic heterocycles. The van der Waals surface area contributed by atoms with Gasteiger partial charge in [-0.05, 0) is 42.8 Å². The zero-order chi connectivity index (χ0) is 23.0. The van der Waals surface area contributed by atoms with Gasteiger partial charge in [-0.25, -0.2) is 0 Å². The quantitative estimate of drug-likeness (QED) is 0.520. The van der Waals surface area contributed by atoms with Crippen molar-refractivity contribution in [3.63, 3.8) is 0 Å². The van der Waals surface area contributed by atoms with Crippen molar-refractivity contribution in [3.05, 3.63) is 48.7 Å². The molecule has 1 aliphatic rings. The Hall–Kier alpha value is -3.83. The van der Waals surface area contributed by atoms with Gasteiger partial charge in [0.05, 0.1) is 21.2 Å². The van der Waals surface area contributed by atoms with Gasteiger partial charge < -0.3 is 5.11 Å². The van der Waals surface area contributed by atoms with Crippen LogP contribution in [0.25, 0.3) is 0 Å². The predicted molar refractivity (Wildman–Crippen MR) is 112 cm³/mol. The van der Waals surface area contributed by atoms with Gasteiger partial charge in [0.25, 0.3) is 17.4 Å². The average molecular weight is 483 g/mol. The number of pyridine rings is 1. The highest BCUT2D eigenvalue weighted by molar-refractivity contribution is 9.10. The van der Waals surface area contributed by atoms with Crippen molar-refractivity contribution in [2.45, 2.75) is 27.3 Å². The number of hydrogen-bond donors (Lipinski definition) is 1. The predicted octanol–water partition coefficient (Wildman–Crippen LogP) is 3.42. The summed E-state index contributed by atoms with van der Waals surface area (Å²) in [5.41, 5.74) is -0.776. The summed E-state index contributed by atoms with van der Waals surface area (Å²) < 4.78 is 1.08. The van der Waals surface area contributed by atoms with Crippen molar-refractivity contribution in [3.8, 4) is 18.0 Å². The van der Waals surface area contributed by atoms with E-state index in [2.05, 4.69) is 26.2 Å². The fourth-order valence-electron chi connectivity index (χ4n) is 3.31. The molecule has 0 spiro atoms. The zero-order valence-corrected chi connectivity index (χ0v) is 18.3. The van der Waals surface area contributed by atoms with Gasteiger partial charge in [-0.3, -0.25) is 23.9 Å². The molecule has 2 amide bonds. The molecule has 31 heavy (non-hydrogen) atoms. The highest BCUT2D eigenvalue weighted by Crippen LogP contribution is 2.40. The Labute approximate surface area is 184 Å². The van der Waals surface area contributed by atoms with Crippen molar-refractivity contribution in [1.82, 2.24) is 9.47 Å². The third kappa shape index (κ3) is 3.20. The minimum atomic E-state index is -0.667. The normalized spacial score (nSPS) is 12.9. The standard InChI is InChI=1S/C20H15BrN6O4/c1-4-26-17(28)11-6-10(7-22)16(14(21)13(11)19(26)30)25-24-15-9(3)12(8-23)18(29)27(5-2)20(15)31/h6,29H,4-5H2,1-3H3. The van der Waals surface area contributed by atoms with Crippen LogP contribution in [-0.2, 0) is 6.54 Å². The topological polar surface area (TPSA) is 152 Å². The van der Waals surface area contributed by atoms with E-state index in [1.54, 1.807) is 13.8 Å². The Bertz CT molecular complexity index is 1330. The minimum Gasteiger partial charge on any atom is -0.493 e. The molecule has 1 aliphatic heterocycles. The molecule has 0 saturated carbocycles. The van der Waals surface area contributed by atoms with Crippen molar-refractivity contribution >= 4 is 39.1 Å². The molecule has 0 atom stereocenters. The van der Waals surface area contributed by atoms with Gasteiger partial charge >= 0.3 is 0 Å². The number of nitriles is 2. The van der Waals surface area contributed by atoms with Crippen LogP contribution in [0, 0.1) is 29.6 Å². The Kier molecular flexibility index (Phi) is 5.73. The summed E-state index contributed by atoms with van der Waals surface area (Å²) >= 11 is 3.25. The van der Waals surface area contributed by atoms with Crippen LogP contribution in [0.2, 0.25) is 0 Å². The van der Waals surface area contributed by atoms with Crippen molar-refractivity contribution < 1.29 is 14.7 Å². The molecule has 0 fully saturated rings. The summed E-state index contributed by atoms with van der Waals surface area (Å²) in [7, 11) is 0. The summed E-state index contributed by atoms with van der Waals surface area (Å²) in [6, 6.07) is 5.01. The highest BCUT2D eigenvalue weighted by atomic mass is 79.9. The van der Waals surface area contributed by atoms with Crippen LogP contribution in [-0.4, -0.2) is 32.9 Å². The lowest BCUT2D eigenvalue weighted by Gasteiger charge is -2.11. The molecule has 0 aliphatic carbocycles. The molecule has 2 heterocycles. The first-order valence-electron chi connectivity index (χ1n) is 9.14. The first kappa shape index (κ1) is 21.9. The number of azo groups is 1. The SMILES string of the molecule is CCN1C(=O)c2cc(C#N)c(N=Nc3c(C)c(C#N)c(O)n(CC)c3=O)c(Br)c2C1=O. The van der Waals surface area contributed by atoms with Crippen LogP contribution in [0.15, 0.2) is 25.6 Å².